The largest absolute Gasteiger partial charge is 0.478 e. The average Bonchev–Trinajstić information content (AvgIpc) is 2.99. The second kappa shape index (κ2) is 11.9. The normalized spacial score (nSPS) is 20.9. The van der Waals surface area contributed by atoms with Crippen LogP contribution in [0.2, 0.25) is 0 Å². The molecule has 0 saturated heterocycles. The first-order chi connectivity index (χ1) is 22.0. The lowest BCUT2D eigenvalue weighted by atomic mass is 9.78. The van der Waals surface area contributed by atoms with E-state index in [4.69, 9.17) is 14.3 Å². The number of ether oxygens (including phenoxy) is 1. The van der Waals surface area contributed by atoms with Crippen LogP contribution in [0.1, 0.15) is 85.0 Å². The lowest BCUT2D eigenvalue weighted by molar-refractivity contribution is -0.432. The summed E-state index contributed by atoms with van der Waals surface area (Å²) < 4.78 is 47.9. The van der Waals surface area contributed by atoms with E-state index in [2.05, 4.69) is 28.4 Å². The van der Waals surface area contributed by atoms with Crippen molar-refractivity contribution in [3.05, 3.63) is 86.9 Å². The molecule has 0 fully saturated rings. The molecule has 47 heavy (non-hydrogen) atoms. The second-order valence-electron chi connectivity index (χ2n) is 13.9. The summed E-state index contributed by atoms with van der Waals surface area (Å²) in [7, 11) is -0.319. The summed E-state index contributed by atoms with van der Waals surface area (Å²) in [6, 6.07) is 14.6. The Hall–Kier alpha value is -3.46. The smallest absolute Gasteiger partial charge is 0.336 e. The summed E-state index contributed by atoms with van der Waals surface area (Å²) in [6.07, 6.45) is 1.24. The maximum absolute atomic E-state index is 12.6. The number of fused-ring (bicyclic) bond motifs is 4. The number of nitrogens with zero attached hydrogens (tertiary/aromatic N) is 2. The van der Waals surface area contributed by atoms with E-state index in [1.165, 1.54) is 0 Å². The molecule has 3 aliphatic rings. The van der Waals surface area contributed by atoms with Crippen LogP contribution < -0.4 is 24.8 Å². The molecule has 0 aromatic heterocycles. The Bertz CT molecular complexity index is 2030. The Labute approximate surface area is 277 Å². The molecule has 0 aliphatic carbocycles. The van der Waals surface area contributed by atoms with Gasteiger partial charge in [-0.25, -0.2) is 14.6 Å². The number of rotatable bonds is 8. The van der Waals surface area contributed by atoms with Gasteiger partial charge in [0.15, 0.2) is 5.54 Å². The number of carboxylic acids is 1. The van der Waals surface area contributed by atoms with Crippen molar-refractivity contribution in [3.8, 4) is 11.5 Å². The summed E-state index contributed by atoms with van der Waals surface area (Å²) in [5.41, 5.74) is 4.00. The fraction of sp³-hybridized carbons (Fsp3) is 0.412. The zero-order valence-electron chi connectivity index (χ0n) is 27.1. The summed E-state index contributed by atoms with van der Waals surface area (Å²) in [4.78, 5) is 14.8. The molecule has 0 spiro atoms. The first kappa shape index (κ1) is 33.4. The predicted octanol–water partition coefficient (Wildman–Crippen LogP) is 4.78. The SMILES string of the molecule is CN1c2cc3c(cc2C(CSOOO)CC1(C)C)C(c1ccccc1C(=O)O)=c1cc2c(cc1O3)=[N+](C)C(C)(C)CC2CS(=O)(=O)O. The summed E-state index contributed by atoms with van der Waals surface area (Å²) >= 11 is 0.994. The van der Waals surface area contributed by atoms with E-state index >= 15 is 0 Å². The van der Waals surface area contributed by atoms with Gasteiger partial charge >= 0.3 is 5.97 Å². The van der Waals surface area contributed by atoms with E-state index in [1.807, 2.05) is 52.2 Å². The zero-order chi connectivity index (χ0) is 34.1. The molecule has 2 atom stereocenters. The van der Waals surface area contributed by atoms with Crippen LogP contribution in [0, 0.1) is 0 Å². The molecular formula is C34H39N2O9S2+. The number of hydrogen-bond acceptors (Lipinski definition) is 9. The van der Waals surface area contributed by atoms with Gasteiger partial charge in [0.25, 0.3) is 10.1 Å². The van der Waals surface area contributed by atoms with Crippen LogP contribution in [0.15, 0.2) is 48.5 Å². The quantitative estimate of drug-likeness (QED) is 0.0589. The topological polar surface area (TPSA) is 146 Å². The highest BCUT2D eigenvalue weighted by molar-refractivity contribution is 7.94. The van der Waals surface area contributed by atoms with Crippen molar-refractivity contribution in [2.45, 2.75) is 63.5 Å². The maximum Gasteiger partial charge on any atom is 0.336 e. The van der Waals surface area contributed by atoms with E-state index in [1.54, 1.807) is 24.3 Å². The van der Waals surface area contributed by atoms with Gasteiger partial charge in [0, 0.05) is 76.4 Å². The standard InChI is InChI=1S/C34H38N2O9S2/c1-33(2)15-19(17-46-45-44-39)23-11-25-29(13-27(23)35(33)5)43-30-14-28-24(20(18-47(40,41)42)16-34(3,4)36(28)6)12-26(30)31(25)21-9-7-8-10-22(21)32(37)38/h7-14,19-20H,15-18H2,1-6H3,(H2-,37,38,39,40,41,42)/p+1. The van der Waals surface area contributed by atoms with Gasteiger partial charge in [-0.3, -0.25) is 4.55 Å². The van der Waals surface area contributed by atoms with Crippen LogP contribution in [0.25, 0.3) is 5.57 Å². The Morgan fingerprint density at radius 1 is 1.04 bits per heavy atom. The third kappa shape index (κ3) is 6.05. The van der Waals surface area contributed by atoms with Gasteiger partial charge in [-0.05, 0) is 69.4 Å². The molecule has 0 amide bonds. The Morgan fingerprint density at radius 2 is 1.77 bits per heavy atom. The van der Waals surface area contributed by atoms with Crippen molar-refractivity contribution in [2.75, 3.05) is 30.5 Å². The monoisotopic (exact) mass is 683 g/mol. The van der Waals surface area contributed by atoms with Crippen LogP contribution in [0.3, 0.4) is 0 Å². The minimum atomic E-state index is -4.30. The molecule has 3 N–H and O–H groups in total. The van der Waals surface area contributed by atoms with Crippen LogP contribution in [0.4, 0.5) is 5.69 Å². The highest BCUT2D eigenvalue weighted by Crippen LogP contribution is 2.49. The number of carbonyl (C=O) groups is 1. The Balaban J connectivity index is 1.70. The third-order valence-corrected chi connectivity index (χ3v) is 11.6. The minimum absolute atomic E-state index is 0.0161. The maximum atomic E-state index is 12.6. The van der Waals surface area contributed by atoms with Gasteiger partial charge in [-0.15, -0.1) is 4.33 Å². The first-order valence-corrected chi connectivity index (χ1v) is 17.8. The first-order valence-electron chi connectivity index (χ1n) is 15.3. The summed E-state index contributed by atoms with van der Waals surface area (Å²) in [5.74, 6) is -0.496. The van der Waals surface area contributed by atoms with E-state index in [-0.39, 0.29) is 17.0 Å². The number of aromatic carboxylic acids is 1. The van der Waals surface area contributed by atoms with Crippen molar-refractivity contribution in [3.63, 3.8) is 0 Å². The van der Waals surface area contributed by atoms with E-state index < -0.39 is 33.3 Å². The molecule has 3 aliphatic heterocycles. The molecule has 0 bridgehead atoms. The van der Waals surface area contributed by atoms with Crippen LogP contribution in [0.5, 0.6) is 11.5 Å². The van der Waals surface area contributed by atoms with Crippen molar-refractivity contribution in [2.24, 2.45) is 0 Å². The lowest BCUT2D eigenvalue weighted by Crippen LogP contribution is -2.51. The fourth-order valence-corrected chi connectivity index (χ4v) is 8.81. The number of anilines is 1. The molecular weight excluding hydrogens is 645 g/mol. The predicted molar refractivity (Wildman–Crippen MR) is 179 cm³/mol. The van der Waals surface area contributed by atoms with Crippen LogP contribution in [-0.4, -0.2) is 66.0 Å². The molecule has 250 valence electrons. The zero-order valence-corrected chi connectivity index (χ0v) is 28.7. The molecule has 3 aromatic carbocycles. The van der Waals surface area contributed by atoms with Crippen LogP contribution >= 0.6 is 12.0 Å². The van der Waals surface area contributed by atoms with Crippen molar-refractivity contribution in [1.29, 1.82) is 0 Å². The van der Waals surface area contributed by atoms with Crippen LogP contribution in [-0.2, 0) is 19.5 Å². The Morgan fingerprint density at radius 3 is 2.45 bits per heavy atom. The van der Waals surface area contributed by atoms with Crippen molar-refractivity contribution in [1.82, 2.24) is 4.58 Å². The minimum Gasteiger partial charge on any atom is -0.478 e. The van der Waals surface area contributed by atoms with Gasteiger partial charge < -0.3 is 14.7 Å². The van der Waals surface area contributed by atoms with Crippen molar-refractivity contribution < 1.29 is 42.2 Å². The number of carboxylic acid groups (broad SMARTS) is 1. The van der Waals surface area contributed by atoms with Gasteiger partial charge in [-0.2, -0.15) is 8.42 Å². The highest BCUT2D eigenvalue weighted by Gasteiger charge is 2.42. The molecule has 13 heteroatoms. The molecule has 11 nitrogen and oxygen atoms in total. The second-order valence-corrected chi connectivity index (χ2v) is 16.1. The molecule has 3 aromatic rings. The highest BCUT2D eigenvalue weighted by atomic mass is 32.2. The van der Waals surface area contributed by atoms with Gasteiger partial charge in [0.05, 0.1) is 17.4 Å². The van der Waals surface area contributed by atoms with Gasteiger partial charge in [0.1, 0.15) is 18.5 Å². The summed E-state index contributed by atoms with van der Waals surface area (Å²) in [5, 5.41) is 24.3. The van der Waals surface area contributed by atoms with Gasteiger partial charge in [-0.1, -0.05) is 23.2 Å². The average molecular weight is 684 g/mol. The molecule has 0 radical (unpaired) electrons. The molecule has 0 saturated carbocycles. The third-order valence-electron chi connectivity index (χ3n) is 10.1. The molecule has 6 rings (SSSR count). The summed E-state index contributed by atoms with van der Waals surface area (Å²) in [6.45, 7) is 8.36. The Kier molecular flexibility index (Phi) is 8.47. The lowest BCUT2D eigenvalue weighted by Gasteiger charge is -2.46. The van der Waals surface area contributed by atoms with Gasteiger partial charge in [0.2, 0.25) is 5.36 Å². The molecule has 3 heterocycles. The van der Waals surface area contributed by atoms with E-state index in [0.717, 1.165) is 40.6 Å². The van der Waals surface area contributed by atoms with E-state index in [9.17, 15) is 22.9 Å². The number of benzene rings is 3. The fourth-order valence-electron chi connectivity index (χ4n) is 7.44. The molecule has 2 unspecified atom stereocenters. The number of hydrogen-bond donors (Lipinski definition) is 3. The van der Waals surface area contributed by atoms with Crippen molar-refractivity contribution >= 4 is 39.4 Å². The van der Waals surface area contributed by atoms with E-state index in [0.29, 0.717) is 45.6 Å².